The summed E-state index contributed by atoms with van der Waals surface area (Å²) in [5.74, 6) is -0.0218. The number of nitrogens with one attached hydrogen (secondary N) is 2. The summed E-state index contributed by atoms with van der Waals surface area (Å²) >= 11 is 5.91. The number of sulfonamides is 1. The van der Waals surface area contributed by atoms with Crippen molar-refractivity contribution in [2.24, 2.45) is 0 Å². The number of aryl methyl sites for hydroxylation is 1. The number of benzene rings is 3. The molecule has 3 aromatic carbocycles. The van der Waals surface area contributed by atoms with Gasteiger partial charge in [-0.05, 0) is 67.1 Å². The molecule has 0 heterocycles. The average molecular weight is 456 g/mol. The molecule has 3 rings (SSSR count). The second-order valence-corrected chi connectivity index (χ2v) is 8.66. The molecule has 7 nitrogen and oxygen atoms in total. The summed E-state index contributed by atoms with van der Waals surface area (Å²) in [7, 11) is -3.90. The van der Waals surface area contributed by atoms with E-state index < -0.39 is 15.9 Å². The minimum absolute atomic E-state index is 0.0262. The Bertz CT molecular complexity index is 1250. The number of carbonyl (C=O) groups is 1. The number of hydrogen-bond acceptors (Lipinski definition) is 5. The molecule has 0 spiro atoms. The van der Waals surface area contributed by atoms with Crippen LogP contribution in [0.4, 0.5) is 11.4 Å². The molecule has 158 valence electrons. The van der Waals surface area contributed by atoms with Crippen LogP contribution in [0.3, 0.4) is 0 Å². The van der Waals surface area contributed by atoms with Crippen LogP contribution in [0.2, 0.25) is 5.02 Å². The summed E-state index contributed by atoms with van der Waals surface area (Å²) in [4.78, 5) is 12.2. The summed E-state index contributed by atoms with van der Waals surface area (Å²) in [6, 6.07) is 19.3. The highest BCUT2D eigenvalue weighted by Crippen LogP contribution is 2.24. The second kappa shape index (κ2) is 9.51. The first kappa shape index (κ1) is 22.2. The Morgan fingerprint density at radius 2 is 1.81 bits per heavy atom. The molecule has 0 bridgehead atoms. The van der Waals surface area contributed by atoms with Gasteiger partial charge < -0.3 is 10.1 Å². The standard InChI is InChI=1S/C22H18ClN3O4S/c1-15-5-8-18(25-22(27)14-30-20-9-6-16(13-24)7-10-20)12-21(15)31(28,29)26-19-4-2-3-17(23)11-19/h2-12,26H,14H2,1H3,(H,25,27). The van der Waals surface area contributed by atoms with Gasteiger partial charge in [0.05, 0.1) is 22.2 Å². The first-order chi connectivity index (χ1) is 14.8. The van der Waals surface area contributed by atoms with Crippen molar-refractivity contribution >= 4 is 38.9 Å². The van der Waals surface area contributed by atoms with Crippen LogP contribution in [0.15, 0.2) is 71.6 Å². The molecule has 0 atom stereocenters. The topological polar surface area (TPSA) is 108 Å². The molecular formula is C22H18ClN3O4S. The van der Waals surface area contributed by atoms with Gasteiger partial charge in [0.25, 0.3) is 15.9 Å². The van der Waals surface area contributed by atoms with Crippen molar-refractivity contribution in [3.8, 4) is 11.8 Å². The molecule has 0 aliphatic heterocycles. The molecule has 31 heavy (non-hydrogen) atoms. The van der Waals surface area contributed by atoms with Crippen molar-refractivity contribution in [3.05, 3.63) is 82.9 Å². The van der Waals surface area contributed by atoms with Gasteiger partial charge in [0.2, 0.25) is 0 Å². The summed E-state index contributed by atoms with van der Waals surface area (Å²) < 4.78 is 33.5. The van der Waals surface area contributed by atoms with Crippen LogP contribution in [0.1, 0.15) is 11.1 Å². The molecule has 0 fully saturated rings. The number of nitrogens with zero attached hydrogens (tertiary/aromatic N) is 1. The zero-order valence-electron chi connectivity index (χ0n) is 16.4. The first-order valence-electron chi connectivity index (χ1n) is 9.09. The summed E-state index contributed by atoms with van der Waals surface area (Å²) in [5.41, 5.74) is 1.64. The highest BCUT2D eigenvalue weighted by atomic mass is 35.5. The lowest BCUT2D eigenvalue weighted by atomic mass is 10.2. The fourth-order valence-corrected chi connectivity index (χ4v) is 4.21. The molecule has 0 aliphatic rings. The summed E-state index contributed by atoms with van der Waals surface area (Å²) in [6.45, 7) is 1.38. The summed E-state index contributed by atoms with van der Waals surface area (Å²) in [6.07, 6.45) is 0. The number of amides is 1. The molecule has 0 aliphatic carbocycles. The highest BCUT2D eigenvalue weighted by molar-refractivity contribution is 7.92. The maximum atomic E-state index is 12.8. The van der Waals surface area contributed by atoms with E-state index in [1.807, 2.05) is 6.07 Å². The monoisotopic (exact) mass is 455 g/mol. The van der Waals surface area contributed by atoms with E-state index in [9.17, 15) is 13.2 Å². The molecule has 0 saturated carbocycles. The van der Waals surface area contributed by atoms with Gasteiger partial charge in [-0.2, -0.15) is 5.26 Å². The molecule has 0 aromatic heterocycles. The predicted molar refractivity (Wildman–Crippen MR) is 119 cm³/mol. The van der Waals surface area contributed by atoms with Gasteiger partial charge in [0.15, 0.2) is 6.61 Å². The average Bonchev–Trinajstić information content (AvgIpc) is 2.73. The van der Waals surface area contributed by atoms with E-state index in [1.54, 1.807) is 61.5 Å². The Kier molecular flexibility index (Phi) is 6.80. The minimum Gasteiger partial charge on any atom is -0.484 e. The van der Waals surface area contributed by atoms with Crippen LogP contribution in [0.5, 0.6) is 5.75 Å². The predicted octanol–water partition coefficient (Wildman–Crippen LogP) is 4.34. The quantitative estimate of drug-likeness (QED) is 0.551. The molecule has 0 radical (unpaired) electrons. The lowest BCUT2D eigenvalue weighted by Gasteiger charge is -2.13. The third kappa shape index (κ3) is 5.98. The van der Waals surface area contributed by atoms with Crippen LogP contribution in [-0.2, 0) is 14.8 Å². The smallest absolute Gasteiger partial charge is 0.262 e. The number of hydrogen-bond donors (Lipinski definition) is 2. The van der Waals surface area contributed by atoms with Crippen molar-refractivity contribution in [1.82, 2.24) is 0 Å². The highest BCUT2D eigenvalue weighted by Gasteiger charge is 2.18. The Hall–Kier alpha value is -3.54. The van der Waals surface area contributed by atoms with Gasteiger partial charge >= 0.3 is 0 Å². The second-order valence-electron chi connectivity index (χ2n) is 6.57. The van der Waals surface area contributed by atoms with Crippen molar-refractivity contribution in [3.63, 3.8) is 0 Å². The largest absolute Gasteiger partial charge is 0.484 e. The Labute approximate surface area is 185 Å². The van der Waals surface area contributed by atoms with Crippen molar-refractivity contribution in [2.45, 2.75) is 11.8 Å². The van der Waals surface area contributed by atoms with Crippen LogP contribution in [0, 0.1) is 18.3 Å². The van der Waals surface area contributed by atoms with Gasteiger partial charge in [-0.25, -0.2) is 8.42 Å². The lowest BCUT2D eigenvalue weighted by molar-refractivity contribution is -0.118. The molecule has 0 unspecified atom stereocenters. The summed E-state index contributed by atoms with van der Waals surface area (Å²) in [5, 5.41) is 11.8. The van der Waals surface area contributed by atoms with E-state index in [0.29, 0.717) is 33.3 Å². The number of carbonyl (C=O) groups excluding carboxylic acids is 1. The Morgan fingerprint density at radius 3 is 2.48 bits per heavy atom. The Morgan fingerprint density at radius 1 is 1.06 bits per heavy atom. The van der Waals surface area contributed by atoms with Crippen molar-refractivity contribution in [2.75, 3.05) is 16.6 Å². The van der Waals surface area contributed by atoms with Gasteiger partial charge in [-0.1, -0.05) is 23.7 Å². The first-order valence-corrected chi connectivity index (χ1v) is 10.9. The number of nitriles is 1. The van der Waals surface area contributed by atoms with Crippen LogP contribution in [0.25, 0.3) is 0 Å². The van der Waals surface area contributed by atoms with E-state index in [2.05, 4.69) is 10.0 Å². The van der Waals surface area contributed by atoms with E-state index in [4.69, 9.17) is 21.6 Å². The normalized spacial score (nSPS) is 10.7. The minimum atomic E-state index is -3.90. The van der Waals surface area contributed by atoms with Gasteiger partial charge in [-0.3, -0.25) is 9.52 Å². The fraction of sp³-hybridized carbons (Fsp3) is 0.0909. The third-order valence-corrected chi connectivity index (χ3v) is 5.95. The molecule has 9 heteroatoms. The molecular weight excluding hydrogens is 438 g/mol. The molecule has 2 N–H and O–H groups in total. The van der Waals surface area contributed by atoms with Gasteiger partial charge in [0, 0.05) is 10.7 Å². The zero-order chi connectivity index (χ0) is 22.4. The SMILES string of the molecule is Cc1ccc(NC(=O)COc2ccc(C#N)cc2)cc1S(=O)(=O)Nc1cccc(Cl)c1. The van der Waals surface area contributed by atoms with E-state index >= 15 is 0 Å². The molecule has 1 amide bonds. The van der Waals surface area contributed by atoms with Crippen LogP contribution >= 0.6 is 11.6 Å². The zero-order valence-corrected chi connectivity index (χ0v) is 18.0. The Balaban J connectivity index is 1.69. The van der Waals surface area contributed by atoms with Crippen LogP contribution < -0.4 is 14.8 Å². The fourth-order valence-electron chi connectivity index (χ4n) is 2.70. The molecule has 3 aromatic rings. The van der Waals surface area contributed by atoms with Gasteiger partial charge in [-0.15, -0.1) is 0 Å². The van der Waals surface area contributed by atoms with Crippen molar-refractivity contribution in [1.29, 1.82) is 5.26 Å². The van der Waals surface area contributed by atoms with Gasteiger partial charge in [0.1, 0.15) is 5.75 Å². The van der Waals surface area contributed by atoms with E-state index in [0.717, 1.165) is 0 Å². The maximum absolute atomic E-state index is 12.8. The number of rotatable bonds is 7. The maximum Gasteiger partial charge on any atom is 0.262 e. The molecule has 0 saturated heterocycles. The van der Waals surface area contributed by atoms with E-state index in [1.165, 1.54) is 12.1 Å². The van der Waals surface area contributed by atoms with Crippen molar-refractivity contribution < 1.29 is 17.9 Å². The van der Waals surface area contributed by atoms with E-state index in [-0.39, 0.29) is 11.5 Å². The number of anilines is 2. The number of ether oxygens (including phenoxy) is 1. The lowest BCUT2D eigenvalue weighted by Crippen LogP contribution is -2.21. The third-order valence-electron chi connectivity index (χ3n) is 4.19. The number of halogens is 1. The van der Waals surface area contributed by atoms with Crippen LogP contribution in [-0.4, -0.2) is 20.9 Å².